The van der Waals surface area contributed by atoms with Gasteiger partial charge in [0.05, 0.1) is 0 Å². The lowest BCUT2D eigenvalue weighted by molar-refractivity contribution is -0.302. The molecule has 78 valence electrons. The second kappa shape index (κ2) is 7.25. The van der Waals surface area contributed by atoms with E-state index in [0.29, 0.717) is 5.25 Å². The summed E-state index contributed by atoms with van der Waals surface area (Å²) in [6.45, 7) is 3.25. The minimum absolute atomic E-state index is 0.712. The molecule has 0 aliphatic heterocycles. The minimum Gasteiger partial charge on any atom is -0.550 e. The molecule has 0 bridgehead atoms. The number of carboxylic acid groups (broad SMARTS) is 1. The first kappa shape index (κ1) is 12.8. The molecule has 1 aliphatic rings. The van der Waals surface area contributed by atoms with Crippen LogP contribution in [-0.2, 0) is 4.79 Å². The molecule has 0 aromatic carbocycles. The molecular weight excluding hydrogens is 184 g/mol. The molecule has 0 aromatic rings. The van der Waals surface area contributed by atoms with Crippen molar-refractivity contribution in [2.24, 2.45) is 5.92 Å². The quantitative estimate of drug-likeness (QED) is 0.658. The third kappa shape index (κ3) is 6.94. The average Bonchev–Trinajstić information content (AvgIpc) is 2.04. The number of carboxylic acids is 1. The Kier molecular flexibility index (Phi) is 7.14. The van der Waals surface area contributed by atoms with Gasteiger partial charge in [0.1, 0.15) is 0 Å². The van der Waals surface area contributed by atoms with Gasteiger partial charge in [-0.1, -0.05) is 26.2 Å². The zero-order valence-electron chi connectivity index (χ0n) is 8.45. The van der Waals surface area contributed by atoms with Crippen molar-refractivity contribution in [3.8, 4) is 0 Å². The number of carbonyl (C=O) groups is 1. The smallest absolute Gasteiger partial charge is 0.0383 e. The van der Waals surface area contributed by atoms with E-state index in [-0.39, 0.29) is 0 Å². The highest BCUT2D eigenvalue weighted by Gasteiger charge is 2.19. The Morgan fingerprint density at radius 1 is 1.46 bits per heavy atom. The number of carbonyl (C=O) groups excluding carboxylic acids is 1. The molecule has 1 rings (SSSR count). The lowest BCUT2D eigenvalue weighted by atomic mass is 9.87. The maximum absolute atomic E-state index is 8.89. The molecule has 1 fully saturated rings. The van der Waals surface area contributed by atoms with Gasteiger partial charge in [-0.3, -0.25) is 0 Å². The summed E-state index contributed by atoms with van der Waals surface area (Å²) in [4.78, 5) is 8.89. The number of aliphatic carboxylic acids is 1. The third-order valence-corrected chi connectivity index (χ3v) is 3.07. The first-order valence-electron chi connectivity index (χ1n) is 4.93. The average molecular weight is 203 g/mol. The Bertz CT molecular complexity index is 144. The van der Waals surface area contributed by atoms with Crippen molar-refractivity contribution in [3.63, 3.8) is 0 Å². The maximum Gasteiger partial charge on any atom is 0.0383 e. The molecule has 0 N–H and O–H groups in total. The van der Waals surface area contributed by atoms with Crippen molar-refractivity contribution >= 4 is 18.6 Å². The molecule has 0 radical (unpaired) electrons. The summed E-state index contributed by atoms with van der Waals surface area (Å²) in [6.07, 6.45) is 6.95. The van der Waals surface area contributed by atoms with Gasteiger partial charge in [-0.25, -0.2) is 0 Å². The van der Waals surface area contributed by atoms with E-state index in [2.05, 4.69) is 19.6 Å². The van der Waals surface area contributed by atoms with Gasteiger partial charge in [-0.15, -0.1) is 0 Å². The van der Waals surface area contributed by atoms with Gasteiger partial charge in [0.2, 0.25) is 0 Å². The van der Waals surface area contributed by atoms with Crippen LogP contribution in [-0.4, -0.2) is 11.2 Å². The van der Waals surface area contributed by atoms with Crippen LogP contribution >= 0.6 is 12.6 Å². The summed E-state index contributed by atoms with van der Waals surface area (Å²) < 4.78 is 0. The predicted octanol–water partition coefficient (Wildman–Crippen LogP) is 1.64. The molecule has 2 unspecified atom stereocenters. The van der Waals surface area contributed by atoms with Gasteiger partial charge in [0, 0.05) is 11.2 Å². The van der Waals surface area contributed by atoms with Crippen LogP contribution in [0.15, 0.2) is 0 Å². The lowest BCUT2D eigenvalue weighted by Gasteiger charge is -2.26. The second-order valence-electron chi connectivity index (χ2n) is 3.51. The van der Waals surface area contributed by atoms with Crippen LogP contribution in [0.25, 0.3) is 0 Å². The van der Waals surface area contributed by atoms with Gasteiger partial charge in [0.25, 0.3) is 0 Å². The molecule has 13 heavy (non-hydrogen) atoms. The molecule has 1 saturated carbocycles. The van der Waals surface area contributed by atoms with Crippen LogP contribution in [0.5, 0.6) is 0 Å². The zero-order valence-corrected chi connectivity index (χ0v) is 9.35. The largest absolute Gasteiger partial charge is 0.550 e. The van der Waals surface area contributed by atoms with Crippen LogP contribution in [0.4, 0.5) is 0 Å². The molecule has 1 aliphatic carbocycles. The van der Waals surface area contributed by atoms with Crippen LogP contribution in [0.3, 0.4) is 0 Å². The standard InChI is InChI=1S/C8H16S.C2H4O2/c1-2-7-5-3-4-6-8(7)9;1-2(3)4/h7-9H,2-6H2,1H3;1H3,(H,3,4)/p-1. The summed E-state index contributed by atoms with van der Waals surface area (Å²) in [5, 5.41) is 9.60. The van der Waals surface area contributed by atoms with E-state index in [1.165, 1.54) is 32.1 Å². The van der Waals surface area contributed by atoms with E-state index >= 15 is 0 Å². The highest BCUT2D eigenvalue weighted by atomic mass is 32.1. The first-order valence-corrected chi connectivity index (χ1v) is 5.45. The third-order valence-electron chi connectivity index (χ3n) is 2.39. The molecule has 0 heterocycles. The Balaban J connectivity index is 0.000000310. The number of thiol groups is 1. The first-order chi connectivity index (χ1) is 6.07. The molecule has 0 aromatic heterocycles. The fourth-order valence-electron chi connectivity index (χ4n) is 1.66. The van der Waals surface area contributed by atoms with Crippen molar-refractivity contribution in [2.75, 3.05) is 0 Å². The van der Waals surface area contributed by atoms with Crippen molar-refractivity contribution in [1.82, 2.24) is 0 Å². The summed E-state index contributed by atoms with van der Waals surface area (Å²) in [5.74, 6) is -0.165. The summed E-state index contributed by atoms with van der Waals surface area (Å²) in [5.41, 5.74) is 0. The van der Waals surface area contributed by atoms with Crippen LogP contribution in [0, 0.1) is 5.92 Å². The minimum atomic E-state index is -1.08. The molecule has 2 atom stereocenters. The van der Waals surface area contributed by atoms with Gasteiger partial charge in [0.15, 0.2) is 0 Å². The van der Waals surface area contributed by atoms with Crippen LogP contribution in [0.1, 0.15) is 46.0 Å². The Morgan fingerprint density at radius 3 is 2.23 bits per heavy atom. The summed E-state index contributed by atoms with van der Waals surface area (Å²) in [7, 11) is 0. The van der Waals surface area contributed by atoms with Crippen LogP contribution < -0.4 is 5.11 Å². The zero-order chi connectivity index (χ0) is 10.3. The topological polar surface area (TPSA) is 40.1 Å². The summed E-state index contributed by atoms with van der Waals surface area (Å²) in [6, 6.07) is 0. The van der Waals surface area contributed by atoms with Gasteiger partial charge < -0.3 is 9.90 Å². The Morgan fingerprint density at radius 2 is 1.92 bits per heavy atom. The van der Waals surface area contributed by atoms with Gasteiger partial charge in [-0.05, 0) is 25.7 Å². The van der Waals surface area contributed by atoms with Crippen LogP contribution in [0.2, 0.25) is 0 Å². The molecule has 0 spiro atoms. The predicted molar refractivity (Wildman–Crippen MR) is 55.7 cm³/mol. The molecular formula is C10H19O2S-. The fourth-order valence-corrected chi connectivity index (χ4v) is 2.21. The van der Waals surface area contributed by atoms with E-state index in [0.717, 1.165) is 12.8 Å². The molecule has 0 saturated heterocycles. The number of hydrogen-bond donors (Lipinski definition) is 1. The van der Waals surface area contributed by atoms with Crippen molar-refractivity contribution in [2.45, 2.75) is 51.2 Å². The van der Waals surface area contributed by atoms with Crippen molar-refractivity contribution < 1.29 is 9.90 Å². The Hall–Kier alpha value is -0.180. The van der Waals surface area contributed by atoms with E-state index in [1.54, 1.807) is 0 Å². The highest BCUT2D eigenvalue weighted by molar-refractivity contribution is 7.81. The summed E-state index contributed by atoms with van der Waals surface area (Å²) >= 11 is 4.54. The number of hydrogen-bond acceptors (Lipinski definition) is 3. The normalized spacial score (nSPS) is 27.3. The monoisotopic (exact) mass is 203 g/mol. The Labute approximate surface area is 86.1 Å². The van der Waals surface area contributed by atoms with Crippen molar-refractivity contribution in [1.29, 1.82) is 0 Å². The molecule has 0 amide bonds. The van der Waals surface area contributed by atoms with Gasteiger partial charge in [-0.2, -0.15) is 12.6 Å². The SMILES string of the molecule is CC(=O)[O-].CCC1CCCCC1S. The van der Waals surface area contributed by atoms with Crippen molar-refractivity contribution in [3.05, 3.63) is 0 Å². The number of rotatable bonds is 1. The fraction of sp³-hybridized carbons (Fsp3) is 0.900. The molecule has 3 heteroatoms. The maximum atomic E-state index is 8.89. The molecule has 2 nitrogen and oxygen atoms in total. The van der Waals surface area contributed by atoms with E-state index in [9.17, 15) is 0 Å². The van der Waals surface area contributed by atoms with E-state index in [4.69, 9.17) is 9.90 Å². The lowest BCUT2D eigenvalue weighted by Crippen LogP contribution is -2.18. The van der Waals surface area contributed by atoms with E-state index in [1.807, 2.05) is 0 Å². The van der Waals surface area contributed by atoms with E-state index < -0.39 is 5.97 Å². The van der Waals surface area contributed by atoms with Gasteiger partial charge >= 0.3 is 0 Å². The second-order valence-corrected chi connectivity index (χ2v) is 4.18. The highest BCUT2D eigenvalue weighted by Crippen LogP contribution is 2.29.